The minimum atomic E-state index is -0.227. The number of carbonyl (C=O) groups excluding carboxylic acids is 1. The second-order valence-electron chi connectivity index (χ2n) is 4.82. The van der Waals surface area contributed by atoms with Crippen LogP contribution < -0.4 is 14.8 Å². The molecule has 0 bridgehead atoms. The highest BCUT2D eigenvalue weighted by atomic mass is 16.5. The lowest BCUT2D eigenvalue weighted by Crippen LogP contribution is -2.12. The zero-order valence-corrected chi connectivity index (χ0v) is 13.1. The Hall–Kier alpha value is -3.42. The van der Waals surface area contributed by atoms with Crippen molar-refractivity contribution in [3.05, 3.63) is 54.4 Å². The average molecular weight is 325 g/mol. The van der Waals surface area contributed by atoms with Crippen molar-refractivity contribution in [2.45, 2.75) is 0 Å². The fourth-order valence-electron chi connectivity index (χ4n) is 2.16. The summed E-state index contributed by atoms with van der Waals surface area (Å²) < 4.78 is 11.9. The quantitative estimate of drug-likeness (QED) is 0.771. The Morgan fingerprint density at radius 2 is 1.88 bits per heavy atom. The molecule has 122 valence electrons. The van der Waals surface area contributed by atoms with Gasteiger partial charge in [0.25, 0.3) is 5.91 Å². The maximum absolute atomic E-state index is 12.3. The summed E-state index contributed by atoms with van der Waals surface area (Å²) in [5, 5.41) is 13.8. The van der Waals surface area contributed by atoms with Crippen LogP contribution in [0.25, 0.3) is 5.69 Å². The van der Waals surface area contributed by atoms with Crippen molar-refractivity contribution in [3.8, 4) is 17.2 Å². The van der Waals surface area contributed by atoms with Gasteiger partial charge in [-0.2, -0.15) is 4.68 Å². The van der Waals surface area contributed by atoms with Crippen molar-refractivity contribution < 1.29 is 14.3 Å². The molecule has 3 aromatic rings. The van der Waals surface area contributed by atoms with E-state index >= 15 is 0 Å². The standard InChI is InChI=1S/C16H15N5O3/c1-23-13-6-3-11(4-7-13)16(22)18-12-5-8-14(15(9-12)24-2)21-10-17-19-20-21/h3-10H,1-2H3,(H,18,22). The van der Waals surface area contributed by atoms with Crippen LogP contribution in [0.15, 0.2) is 48.8 Å². The number of rotatable bonds is 5. The van der Waals surface area contributed by atoms with Gasteiger partial charge in [-0.3, -0.25) is 4.79 Å². The van der Waals surface area contributed by atoms with E-state index < -0.39 is 0 Å². The van der Waals surface area contributed by atoms with Crippen molar-refractivity contribution in [2.75, 3.05) is 19.5 Å². The molecule has 1 aromatic heterocycles. The van der Waals surface area contributed by atoms with E-state index in [2.05, 4.69) is 20.8 Å². The second-order valence-corrected chi connectivity index (χ2v) is 4.82. The van der Waals surface area contributed by atoms with Gasteiger partial charge >= 0.3 is 0 Å². The highest BCUT2D eigenvalue weighted by Gasteiger charge is 2.11. The van der Waals surface area contributed by atoms with Gasteiger partial charge in [-0.25, -0.2) is 0 Å². The summed E-state index contributed by atoms with van der Waals surface area (Å²) in [5.74, 6) is 1.00. The molecule has 3 rings (SSSR count). The van der Waals surface area contributed by atoms with Crippen LogP contribution in [0.1, 0.15) is 10.4 Å². The first kappa shape index (κ1) is 15.5. The molecule has 0 unspecified atom stereocenters. The first-order chi connectivity index (χ1) is 11.7. The summed E-state index contributed by atoms with van der Waals surface area (Å²) in [4.78, 5) is 12.3. The van der Waals surface area contributed by atoms with Crippen LogP contribution in [0.4, 0.5) is 5.69 Å². The molecule has 0 atom stereocenters. The van der Waals surface area contributed by atoms with E-state index in [1.54, 1.807) is 49.6 Å². The number of benzene rings is 2. The third-order valence-corrected chi connectivity index (χ3v) is 3.39. The Morgan fingerprint density at radius 3 is 2.50 bits per heavy atom. The number of anilines is 1. The molecule has 0 radical (unpaired) electrons. The number of amides is 1. The van der Waals surface area contributed by atoms with Crippen LogP contribution in [-0.4, -0.2) is 40.3 Å². The highest BCUT2D eigenvalue weighted by molar-refractivity contribution is 6.04. The topological polar surface area (TPSA) is 91.2 Å². The normalized spacial score (nSPS) is 10.2. The van der Waals surface area contributed by atoms with Crippen LogP contribution >= 0.6 is 0 Å². The number of nitrogens with one attached hydrogen (secondary N) is 1. The Kier molecular flexibility index (Phi) is 4.37. The predicted molar refractivity (Wildman–Crippen MR) is 86.7 cm³/mol. The molecule has 0 aliphatic rings. The lowest BCUT2D eigenvalue weighted by molar-refractivity contribution is 0.102. The largest absolute Gasteiger partial charge is 0.497 e. The SMILES string of the molecule is COc1ccc(C(=O)Nc2ccc(-n3cnnn3)c(OC)c2)cc1. The van der Waals surface area contributed by atoms with Crippen molar-refractivity contribution in [3.63, 3.8) is 0 Å². The minimum absolute atomic E-state index is 0.227. The molecule has 0 saturated carbocycles. The van der Waals surface area contributed by atoms with Gasteiger partial charge in [0.2, 0.25) is 0 Å². The third kappa shape index (κ3) is 3.17. The van der Waals surface area contributed by atoms with Crippen molar-refractivity contribution in [1.82, 2.24) is 20.2 Å². The van der Waals surface area contributed by atoms with Gasteiger partial charge in [-0.1, -0.05) is 0 Å². The summed E-state index contributed by atoms with van der Waals surface area (Å²) in [6.07, 6.45) is 1.47. The maximum atomic E-state index is 12.3. The molecule has 1 amide bonds. The van der Waals surface area contributed by atoms with Gasteiger partial charge in [0.05, 0.1) is 14.2 Å². The molecular formula is C16H15N5O3. The van der Waals surface area contributed by atoms with Gasteiger partial charge in [0.15, 0.2) is 0 Å². The van der Waals surface area contributed by atoms with E-state index in [0.717, 1.165) is 0 Å². The van der Waals surface area contributed by atoms with Crippen LogP contribution in [0.5, 0.6) is 11.5 Å². The van der Waals surface area contributed by atoms with Crippen molar-refractivity contribution >= 4 is 11.6 Å². The van der Waals surface area contributed by atoms with Crippen LogP contribution in [-0.2, 0) is 0 Å². The van der Waals surface area contributed by atoms with Crippen LogP contribution in [0, 0.1) is 0 Å². The molecule has 2 aromatic carbocycles. The highest BCUT2D eigenvalue weighted by Crippen LogP contribution is 2.26. The zero-order valence-electron chi connectivity index (χ0n) is 13.1. The van der Waals surface area contributed by atoms with Gasteiger partial charge in [0, 0.05) is 17.3 Å². The molecule has 0 aliphatic heterocycles. The van der Waals surface area contributed by atoms with Gasteiger partial charge in [-0.05, 0) is 46.8 Å². The Labute approximate surface area is 138 Å². The van der Waals surface area contributed by atoms with E-state index in [1.807, 2.05) is 0 Å². The molecule has 1 heterocycles. The Bertz CT molecular complexity index is 831. The number of nitrogens with zero attached hydrogens (tertiary/aromatic N) is 4. The molecule has 0 saturated heterocycles. The van der Waals surface area contributed by atoms with E-state index in [1.165, 1.54) is 18.1 Å². The maximum Gasteiger partial charge on any atom is 0.255 e. The molecule has 1 N–H and O–H groups in total. The summed E-state index contributed by atoms with van der Waals surface area (Å²) >= 11 is 0. The number of hydrogen-bond donors (Lipinski definition) is 1. The summed E-state index contributed by atoms with van der Waals surface area (Å²) in [6.45, 7) is 0. The number of hydrogen-bond acceptors (Lipinski definition) is 6. The summed E-state index contributed by atoms with van der Waals surface area (Å²) in [6, 6.07) is 12.1. The minimum Gasteiger partial charge on any atom is -0.497 e. The summed E-state index contributed by atoms with van der Waals surface area (Å²) in [5.41, 5.74) is 1.80. The monoisotopic (exact) mass is 325 g/mol. The zero-order chi connectivity index (χ0) is 16.9. The summed E-state index contributed by atoms with van der Waals surface area (Å²) in [7, 11) is 3.12. The first-order valence-electron chi connectivity index (χ1n) is 7.08. The second kappa shape index (κ2) is 6.78. The number of ether oxygens (including phenoxy) is 2. The molecule has 8 nitrogen and oxygen atoms in total. The first-order valence-corrected chi connectivity index (χ1v) is 7.08. The van der Waals surface area contributed by atoms with Crippen molar-refractivity contribution in [1.29, 1.82) is 0 Å². The van der Waals surface area contributed by atoms with Crippen molar-refractivity contribution in [2.24, 2.45) is 0 Å². The van der Waals surface area contributed by atoms with E-state index in [4.69, 9.17) is 9.47 Å². The van der Waals surface area contributed by atoms with Gasteiger partial charge < -0.3 is 14.8 Å². The fraction of sp³-hybridized carbons (Fsp3) is 0.125. The fourth-order valence-corrected chi connectivity index (χ4v) is 2.16. The molecule has 0 spiro atoms. The van der Waals surface area contributed by atoms with E-state index in [-0.39, 0.29) is 5.91 Å². The number of methoxy groups -OCH3 is 2. The van der Waals surface area contributed by atoms with E-state index in [9.17, 15) is 4.79 Å². The molecule has 8 heteroatoms. The van der Waals surface area contributed by atoms with Crippen LogP contribution in [0.2, 0.25) is 0 Å². The van der Waals surface area contributed by atoms with Gasteiger partial charge in [0.1, 0.15) is 23.5 Å². The number of tetrazole rings is 1. The number of carbonyl (C=O) groups is 1. The van der Waals surface area contributed by atoms with Gasteiger partial charge in [-0.15, -0.1) is 5.10 Å². The third-order valence-electron chi connectivity index (χ3n) is 3.39. The molecular weight excluding hydrogens is 310 g/mol. The van der Waals surface area contributed by atoms with E-state index in [0.29, 0.717) is 28.4 Å². The lowest BCUT2D eigenvalue weighted by Gasteiger charge is -2.11. The Balaban J connectivity index is 1.80. The van der Waals surface area contributed by atoms with Crippen LogP contribution in [0.3, 0.4) is 0 Å². The Morgan fingerprint density at radius 1 is 1.08 bits per heavy atom. The smallest absolute Gasteiger partial charge is 0.255 e. The average Bonchev–Trinajstić information content (AvgIpc) is 3.16. The predicted octanol–water partition coefficient (Wildman–Crippen LogP) is 1.93. The molecule has 0 aliphatic carbocycles. The number of aromatic nitrogens is 4. The molecule has 0 fully saturated rings. The molecule has 24 heavy (non-hydrogen) atoms. The lowest BCUT2D eigenvalue weighted by atomic mass is 10.2.